The molecule has 2 heterocycles. The average Bonchev–Trinajstić information content (AvgIpc) is 2.66. The molecule has 154 valence electrons. The maximum absolute atomic E-state index is 13.2. The van der Waals surface area contributed by atoms with Gasteiger partial charge in [-0.1, -0.05) is 63.6 Å². The molecule has 0 spiro atoms. The summed E-state index contributed by atoms with van der Waals surface area (Å²) in [5, 5.41) is 0. The van der Waals surface area contributed by atoms with Crippen LogP contribution in [0.3, 0.4) is 0 Å². The van der Waals surface area contributed by atoms with Crippen LogP contribution in [-0.2, 0) is 11.2 Å². The maximum Gasteiger partial charge on any atom is 0.416 e. The van der Waals surface area contributed by atoms with Crippen molar-refractivity contribution in [3.05, 3.63) is 67.8 Å². The van der Waals surface area contributed by atoms with Crippen LogP contribution in [0.25, 0.3) is 0 Å². The van der Waals surface area contributed by atoms with Crippen LogP contribution in [0.2, 0.25) is 0 Å². The van der Waals surface area contributed by atoms with Crippen molar-refractivity contribution >= 4 is 30.5 Å². The van der Waals surface area contributed by atoms with Gasteiger partial charge in [-0.3, -0.25) is 4.79 Å². The lowest BCUT2D eigenvalue weighted by atomic mass is 9.77. The van der Waals surface area contributed by atoms with E-state index in [1.165, 1.54) is 10.1 Å². The molecule has 0 bridgehead atoms. The summed E-state index contributed by atoms with van der Waals surface area (Å²) in [5.41, 5.74) is 3.27. The van der Waals surface area contributed by atoms with Crippen molar-refractivity contribution in [3.63, 3.8) is 0 Å². The van der Waals surface area contributed by atoms with Gasteiger partial charge in [0.25, 0.3) is 0 Å². The first-order chi connectivity index (χ1) is 13.8. The molecule has 1 aliphatic carbocycles. The van der Waals surface area contributed by atoms with Crippen LogP contribution in [0.15, 0.2) is 56.7 Å². The summed E-state index contributed by atoms with van der Waals surface area (Å²) < 4.78 is 46.4. The summed E-state index contributed by atoms with van der Waals surface area (Å²) in [7, 11) is 0. The molecular weight excluding hydrogens is 492 g/mol. The monoisotopic (exact) mass is 514 g/mol. The molecule has 29 heavy (non-hydrogen) atoms. The first-order valence-corrected chi connectivity index (χ1v) is 11.9. The molecule has 0 N–H and O–H groups in total. The first-order valence-electron chi connectivity index (χ1n) is 9.61. The van der Waals surface area contributed by atoms with Crippen LogP contribution in [0.4, 0.5) is 13.2 Å². The van der Waals surface area contributed by atoms with Gasteiger partial charge in [-0.2, -0.15) is 13.2 Å². The van der Waals surface area contributed by atoms with Gasteiger partial charge in [-0.15, -0.1) is 0 Å². The zero-order chi connectivity index (χ0) is 20.6. The number of alkyl halides is 3. The largest absolute Gasteiger partial charge is 0.416 e. The van der Waals surface area contributed by atoms with Crippen molar-refractivity contribution in [3.8, 4) is 0 Å². The summed E-state index contributed by atoms with van der Waals surface area (Å²) in [4.78, 5) is 13.2. The van der Waals surface area contributed by atoms with E-state index in [1.807, 2.05) is 24.3 Å². The van der Waals surface area contributed by atoms with Gasteiger partial charge in [0.15, 0.2) is 5.78 Å². The number of hydrogen-bond donors (Lipinski definition) is 0. The van der Waals surface area contributed by atoms with Gasteiger partial charge in [-0.25, -0.2) is 0 Å². The van der Waals surface area contributed by atoms with Crippen LogP contribution >= 0.6 is 20.7 Å². The number of rotatable bonds is 5. The molecular formula is C23H22F3IO2. The Bertz CT molecular complexity index is 963. The summed E-state index contributed by atoms with van der Waals surface area (Å²) >= 11 is -0.829. The molecule has 0 atom stereocenters. The molecule has 1 aromatic carbocycles. The summed E-state index contributed by atoms with van der Waals surface area (Å²) in [6.07, 6.45) is 1.37. The van der Waals surface area contributed by atoms with Crippen LogP contribution in [0.1, 0.15) is 42.1 Å². The third-order valence-electron chi connectivity index (χ3n) is 5.71. The van der Waals surface area contributed by atoms with Crippen molar-refractivity contribution in [1.29, 1.82) is 0 Å². The van der Waals surface area contributed by atoms with Crippen LogP contribution in [0.5, 0.6) is 0 Å². The molecule has 0 aromatic heterocycles. The Kier molecular flexibility index (Phi) is 5.68. The molecule has 1 fully saturated rings. The molecule has 4 rings (SSSR count). The van der Waals surface area contributed by atoms with E-state index in [2.05, 4.69) is 6.92 Å². The number of halogens is 4. The Hall–Kier alpha value is -1.54. The third-order valence-corrected chi connectivity index (χ3v) is 8.24. The second-order valence-electron chi connectivity index (χ2n) is 8.18. The lowest BCUT2D eigenvalue weighted by molar-refractivity contribution is -0.105. The van der Waals surface area contributed by atoms with E-state index in [4.69, 9.17) is 4.74 Å². The fraction of sp³-hybridized carbons (Fsp3) is 0.391. The molecule has 0 unspecified atom stereocenters. The van der Waals surface area contributed by atoms with Crippen molar-refractivity contribution in [2.24, 2.45) is 5.41 Å². The van der Waals surface area contributed by atoms with E-state index >= 15 is 0 Å². The van der Waals surface area contributed by atoms with Gasteiger partial charge >= 0.3 is 6.18 Å². The highest BCUT2D eigenvalue weighted by atomic mass is 127. The van der Waals surface area contributed by atoms with Gasteiger partial charge < -0.3 is 4.74 Å². The van der Waals surface area contributed by atoms with Gasteiger partial charge in [0, 0.05) is 11.0 Å². The number of fused-ring (bicyclic) bond motifs is 1. The Morgan fingerprint density at radius 2 is 1.93 bits per heavy atom. The van der Waals surface area contributed by atoms with Gasteiger partial charge in [0.1, 0.15) is 0 Å². The molecule has 0 radical (unpaired) electrons. The van der Waals surface area contributed by atoms with Crippen molar-refractivity contribution in [2.45, 2.75) is 38.8 Å². The first kappa shape index (κ1) is 20.7. The SMILES string of the molecule is CC1(CCC2=C(CC3=CC=C(C(F)(F)F)C=I3)Cc3ccccc3C2=O)COC1. The number of ketones is 1. The average molecular weight is 514 g/mol. The Balaban J connectivity index is 1.61. The summed E-state index contributed by atoms with van der Waals surface area (Å²) in [5.74, 6) is 0.0794. The van der Waals surface area contributed by atoms with Gasteiger partial charge in [0.05, 0.1) is 18.8 Å². The number of hydrogen-bond acceptors (Lipinski definition) is 2. The second-order valence-corrected chi connectivity index (χ2v) is 10.8. The Morgan fingerprint density at radius 1 is 1.17 bits per heavy atom. The van der Waals surface area contributed by atoms with E-state index in [0.717, 1.165) is 45.5 Å². The summed E-state index contributed by atoms with van der Waals surface area (Å²) in [6, 6.07) is 7.67. The van der Waals surface area contributed by atoms with Gasteiger partial charge in [-0.05, 0) is 50.5 Å². The smallest absolute Gasteiger partial charge is 0.380 e. The zero-order valence-electron chi connectivity index (χ0n) is 16.1. The van der Waals surface area contributed by atoms with E-state index in [1.54, 1.807) is 6.08 Å². The lowest BCUT2D eigenvalue weighted by Gasteiger charge is -2.38. The third kappa shape index (κ3) is 4.48. The van der Waals surface area contributed by atoms with Crippen molar-refractivity contribution in [1.82, 2.24) is 0 Å². The fourth-order valence-electron chi connectivity index (χ4n) is 3.88. The number of carbonyl (C=O) groups excluding carboxylic acids is 1. The highest BCUT2D eigenvalue weighted by Crippen LogP contribution is 2.40. The van der Waals surface area contributed by atoms with Crippen LogP contribution in [-0.4, -0.2) is 29.2 Å². The molecule has 0 saturated carbocycles. The van der Waals surface area contributed by atoms with Crippen molar-refractivity contribution in [2.75, 3.05) is 13.2 Å². The maximum atomic E-state index is 13.2. The zero-order valence-corrected chi connectivity index (χ0v) is 18.3. The molecule has 1 aromatic rings. The molecule has 0 amide bonds. The Labute approximate surface area is 178 Å². The number of Topliss-reactive ketones (excluding diaryl/α,β-unsaturated/α-hetero) is 1. The fourth-order valence-corrected chi connectivity index (χ4v) is 6.24. The summed E-state index contributed by atoms with van der Waals surface area (Å²) in [6.45, 7) is 3.61. The minimum absolute atomic E-state index is 0.0794. The van der Waals surface area contributed by atoms with E-state index in [0.29, 0.717) is 19.3 Å². The topological polar surface area (TPSA) is 26.3 Å². The number of carbonyl (C=O) groups is 1. The number of benzene rings is 1. The molecule has 3 aliphatic rings. The molecule has 6 heteroatoms. The standard InChI is InChI=1S/C23H22F3IO2/c1-22(13-29-14-22)9-8-20-16(10-15-4-2-3-5-19(15)21(20)28)11-18-7-6-17(12-27-18)23(24,25)26/h2-7,12H,8-11,13-14H2,1H3. The highest BCUT2D eigenvalue weighted by molar-refractivity contribution is 14.2. The predicted octanol–water partition coefficient (Wildman–Crippen LogP) is 6.09. The minimum atomic E-state index is -4.29. The predicted molar refractivity (Wildman–Crippen MR) is 117 cm³/mol. The normalized spacial score (nSPS) is 21.0. The van der Waals surface area contributed by atoms with Crippen molar-refractivity contribution < 1.29 is 22.7 Å². The molecule has 2 aliphatic heterocycles. The van der Waals surface area contributed by atoms with E-state index in [9.17, 15) is 18.0 Å². The second kappa shape index (κ2) is 7.95. The Morgan fingerprint density at radius 3 is 2.55 bits per heavy atom. The number of ether oxygens (including phenoxy) is 1. The quantitative estimate of drug-likeness (QED) is 0.445. The lowest BCUT2D eigenvalue weighted by Crippen LogP contribution is -2.39. The van der Waals surface area contributed by atoms with Crippen LogP contribution < -0.4 is 0 Å². The minimum Gasteiger partial charge on any atom is -0.380 e. The number of allylic oxidation sites excluding steroid dienone is 6. The highest BCUT2D eigenvalue weighted by Gasteiger charge is 2.35. The van der Waals surface area contributed by atoms with Gasteiger partial charge in [0.2, 0.25) is 0 Å². The molecule has 1 saturated heterocycles. The van der Waals surface area contributed by atoms with E-state index in [-0.39, 0.29) is 11.2 Å². The molecule has 2 nitrogen and oxygen atoms in total. The van der Waals surface area contributed by atoms with Crippen LogP contribution in [0, 0.1) is 5.41 Å². The van der Waals surface area contributed by atoms with E-state index < -0.39 is 32.5 Å².